The van der Waals surface area contributed by atoms with Crippen LogP contribution in [0.3, 0.4) is 0 Å². The second-order valence-electron chi connectivity index (χ2n) is 4.99. The van der Waals surface area contributed by atoms with Gasteiger partial charge in [0.1, 0.15) is 12.4 Å². The predicted octanol–water partition coefficient (Wildman–Crippen LogP) is 3.15. The number of carbonyl (C=O) groups is 1. The monoisotopic (exact) mass is 322 g/mol. The maximum absolute atomic E-state index is 12.1. The molecule has 1 heterocycles. The molecule has 1 amide bonds. The molecule has 2 rings (SSSR count). The van der Waals surface area contributed by atoms with Gasteiger partial charge in [0.15, 0.2) is 0 Å². The van der Waals surface area contributed by atoms with E-state index in [-0.39, 0.29) is 23.6 Å². The lowest BCUT2D eigenvalue weighted by Crippen LogP contribution is -2.39. The Bertz CT molecular complexity index is 594. The van der Waals surface area contributed by atoms with Crippen molar-refractivity contribution >= 4 is 17.5 Å². The highest BCUT2D eigenvalue weighted by atomic mass is 35.5. The number of hydrogen-bond acceptors (Lipinski definition) is 4. The highest BCUT2D eigenvalue weighted by Crippen LogP contribution is 2.19. The van der Waals surface area contributed by atoms with Gasteiger partial charge in [-0.1, -0.05) is 30.3 Å². The molecule has 2 aromatic rings. The van der Waals surface area contributed by atoms with Gasteiger partial charge in [0, 0.05) is 5.56 Å². The summed E-state index contributed by atoms with van der Waals surface area (Å²) in [5.41, 5.74) is 1.26. The molecule has 1 atom stereocenters. The third-order valence-electron chi connectivity index (χ3n) is 3.33. The lowest BCUT2D eigenvalue weighted by molar-refractivity contribution is -0.121. The summed E-state index contributed by atoms with van der Waals surface area (Å²) in [6, 6.07) is 9.45. The Balaban J connectivity index is 1.86. The van der Waals surface area contributed by atoms with E-state index in [2.05, 4.69) is 10.5 Å². The van der Waals surface area contributed by atoms with Crippen molar-refractivity contribution in [3.8, 4) is 5.75 Å². The predicted molar refractivity (Wildman–Crippen MR) is 84.1 cm³/mol. The first-order chi connectivity index (χ1) is 10.6. The summed E-state index contributed by atoms with van der Waals surface area (Å²) in [7, 11) is 0. The molecule has 0 saturated carbocycles. The van der Waals surface area contributed by atoms with E-state index in [0.717, 1.165) is 12.2 Å². The van der Waals surface area contributed by atoms with Crippen LogP contribution in [0.5, 0.6) is 5.75 Å². The molecule has 0 aliphatic rings. The first-order valence-corrected chi connectivity index (χ1v) is 7.55. The fourth-order valence-corrected chi connectivity index (χ4v) is 2.21. The van der Waals surface area contributed by atoms with Crippen LogP contribution >= 0.6 is 11.6 Å². The van der Waals surface area contributed by atoms with Crippen molar-refractivity contribution in [2.75, 3.05) is 6.61 Å². The van der Waals surface area contributed by atoms with Crippen LogP contribution in [0.4, 0.5) is 0 Å². The molecule has 0 unspecified atom stereocenters. The molecule has 22 heavy (non-hydrogen) atoms. The summed E-state index contributed by atoms with van der Waals surface area (Å²) in [4.78, 5) is 12.1. The number of amides is 1. The van der Waals surface area contributed by atoms with Crippen LogP contribution in [-0.4, -0.2) is 23.7 Å². The fourth-order valence-electron chi connectivity index (χ4n) is 1.97. The van der Waals surface area contributed by atoms with Gasteiger partial charge in [-0.15, -0.1) is 0 Å². The van der Waals surface area contributed by atoms with Crippen molar-refractivity contribution in [3.63, 3.8) is 0 Å². The normalized spacial score (nSPS) is 12.0. The number of halogens is 1. The number of nitrogens with one attached hydrogen (secondary N) is 1. The highest BCUT2D eigenvalue weighted by Gasteiger charge is 2.17. The van der Waals surface area contributed by atoms with Gasteiger partial charge in [0.05, 0.1) is 18.2 Å². The quantitative estimate of drug-likeness (QED) is 0.850. The second kappa shape index (κ2) is 7.84. The largest absolute Gasteiger partial charge is 0.491 e. The van der Waals surface area contributed by atoms with Crippen molar-refractivity contribution < 1.29 is 14.1 Å². The number of benzene rings is 1. The molecule has 5 nitrogen and oxygen atoms in total. The van der Waals surface area contributed by atoms with Gasteiger partial charge < -0.3 is 14.6 Å². The molecule has 1 aromatic heterocycles. The van der Waals surface area contributed by atoms with E-state index in [9.17, 15) is 4.79 Å². The van der Waals surface area contributed by atoms with E-state index < -0.39 is 0 Å². The first kappa shape index (κ1) is 16.4. The molecule has 0 bridgehead atoms. The van der Waals surface area contributed by atoms with E-state index in [4.69, 9.17) is 20.9 Å². The van der Waals surface area contributed by atoms with E-state index in [0.29, 0.717) is 17.9 Å². The number of nitrogens with zero attached hydrogens (tertiary/aromatic N) is 1. The molecule has 0 radical (unpaired) electrons. The van der Waals surface area contributed by atoms with Gasteiger partial charge in [0.2, 0.25) is 11.1 Å². The summed E-state index contributed by atoms with van der Waals surface area (Å²) < 4.78 is 10.5. The molecule has 0 fully saturated rings. The van der Waals surface area contributed by atoms with Crippen molar-refractivity contribution in [1.82, 2.24) is 10.5 Å². The number of aromatic nitrogens is 1. The third kappa shape index (κ3) is 4.49. The van der Waals surface area contributed by atoms with Crippen LogP contribution < -0.4 is 10.1 Å². The molecule has 1 aromatic carbocycles. The SMILES string of the molecule is CC[C@H](COc1ccccc1)NC(=O)Cc1c(C)noc1Cl. The number of para-hydroxylation sites is 1. The Hall–Kier alpha value is -2.01. The highest BCUT2D eigenvalue weighted by molar-refractivity contribution is 6.29. The lowest BCUT2D eigenvalue weighted by atomic mass is 10.1. The zero-order chi connectivity index (χ0) is 15.9. The second-order valence-corrected chi connectivity index (χ2v) is 5.34. The smallest absolute Gasteiger partial charge is 0.229 e. The van der Waals surface area contributed by atoms with Crippen LogP contribution in [0.15, 0.2) is 34.9 Å². The maximum atomic E-state index is 12.1. The van der Waals surface area contributed by atoms with Crippen LogP contribution in [0.2, 0.25) is 5.22 Å². The molecule has 118 valence electrons. The third-order valence-corrected chi connectivity index (χ3v) is 3.62. The van der Waals surface area contributed by atoms with E-state index >= 15 is 0 Å². The maximum Gasteiger partial charge on any atom is 0.229 e. The van der Waals surface area contributed by atoms with Gasteiger partial charge in [-0.2, -0.15) is 0 Å². The number of ether oxygens (including phenoxy) is 1. The van der Waals surface area contributed by atoms with Crippen molar-refractivity contribution in [2.45, 2.75) is 32.7 Å². The Morgan fingerprint density at radius 1 is 1.41 bits per heavy atom. The molecular weight excluding hydrogens is 304 g/mol. The Kier molecular flexibility index (Phi) is 5.83. The summed E-state index contributed by atoms with van der Waals surface area (Å²) in [5.74, 6) is 0.657. The van der Waals surface area contributed by atoms with Crippen LogP contribution in [0.25, 0.3) is 0 Å². The molecule has 1 N–H and O–H groups in total. The van der Waals surface area contributed by atoms with E-state index in [1.165, 1.54) is 0 Å². The topological polar surface area (TPSA) is 64.4 Å². The minimum Gasteiger partial charge on any atom is -0.491 e. The summed E-state index contributed by atoms with van der Waals surface area (Å²) >= 11 is 5.87. The zero-order valence-electron chi connectivity index (χ0n) is 12.6. The number of hydrogen-bond donors (Lipinski definition) is 1. The van der Waals surface area contributed by atoms with Gasteiger partial charge >= 0.3 is 0 Å². The Morgan fingerprint density at radius 2 is 2.14 bits per heavy atom. The number of carbonyl (C=O) groups excluding carboxylic acids is 1. The summed E-state index contributed by atoms with van der Waals surface area (Å²) in [6.45, 7) is 4.17. The number of rotatable bonds is 7. The average molecular weight is 323 g/mol. The minimum absolute atomic E-state index is 0.0633. The Morgan fingerprint density at radius 3 is 2.73 bits per heavy atom. The molecular formula is C16H19ClN2O3. The van der Waals surface area contributed by atoms with Gasteiger partial charge in [-0.05, 0) is 37.1 Å². The Labute approximate surface area is 134 Å². The molecule has 0 spiro atoms. The molecule has 6 heteroatoms. The standard InChI is InChI=1S/C16H19ClN2O3/c1-3-12(10-21-13-7-5-4-6-8-13)18-15(20)9-14-11(2)19-22-16(14)17/h4-8,12H,3,9-10H2,1-2H3,(H,18,20)/t12-/m1/s1. The van der Waals surface area contributed by atoms with Gasteiger partial charge in [0.25, 0.3) is 0 Å². The van der Waals surface area contributed by atoms with Crippen LogP contribution in [0.1, 0.15) is 24.6 Å². The van der Waals surface area contributed by atoms with Crippen molar-refractivity contribution in [3.05, 3.63) is 46.8 Å². The summed E-state index contributed by atoms with van der Waals surface area (Å²) in [6.07, 6.45) is 0.922. The molecule has 0 aliphatic carbocycles. The molecule has 0 aliphatic heterocycles. The molecule has 0 saturated heterocycles. The lowest BCUT2D eigenvalue weighted by Gasteiger charge is -2.17. The summed E-state index contributed by atoms with van der Waals surface area (Å²) in [5, 5.41) is 6.84. The van der Waals surface area contributed by atoms with Gasteiger partial charge in [-0.25, -0.2) is 0 Å². The van der Waals surface area contributed by atoms with Crippen molar-refractivity contribution in [2.24, 2.45) is 0 Å². The van der Waals surface area contributed by atoms with Gasteiger partial charge in [-0.3, -0.25) is 4.79 Å². The zero-order valence-corrected chi connectivity index (χ0v) is 13.4. The number of aryl methyl sites for hydroxylation is 1. The average Bonchev–Trinajstić information content (AvgIpc) is 2.84. The van der Waals surface area contributed by atoms with E-state index in [1.54, 1.807) is 6.92 Å². The minimum atomic E-state index is -0.128. The van der Waals surface area contributed by atoms with E-state index in [1.807, 2.05) is 37.3 Å². The van der Waals surface area contributed by atoms with Crippen LogP contribution in [0, 0.1) is 6.92 Å². The first-order valence-electron chi connectivity index (χ1n) is 7.18. The van der Waals surface area contributed by atoms with Crippen molar-refractivity contribution in [1.29, 1.82) is 0 Å². The van der Waals surface area contributed by atoms with Crippen LogP contribution in [-0.2, 0) is 11.2 Å². The fraction of sp³-hybridized carbons (Fsp3) is 0.375.